The molecular weight excluding hydrogens is 356 g/mol. The van der Waals surface area contributed by atoms with Crippen molar-refractivity contribution >= 4 is 0 Å². The Morgan fingerprint density at radius 2 is 2.04 bits per heavy atom. The van der Waals surface area contributed by atoms with E-state index in [2.05, 4.69) is 40.0 Å². The quantitative estimate of drug-likeness (QED) is 0.727. The number of ether oxygens (including phenoxy) is 2. The van der Waals surface area contributed by atoms with E-state index in [0.717, 1.165) is 83.3 Å². The molecule has 0 bridgehead atoms. The Balaban J connectivity index is 1.45. The lowest BCUT2D eigenvalue weighted by Gasteiger charge is -2.39. The van der Waals surface area contributed by atoms with Crippen LogP contribution in [0.25, 0.3) is 0 Å². The van der Waals surface area contributed by atoms with Crippen LogP contribution in [0.15, 0.2) is 22.9 Å². The third-order valence-electron chi connectivity index (χ3n) is 6.52. The van der Waals surface area contributed by atoms with Crippen LogP contribution in [-0.2, 0) is 28.5 Å². The molecule has 0 aliphatic carbocycles. The number of aromatic nitrogens is 3. The Morgan fingerprint density at radius 1 is 1.25 bits per heavy atom. The Bertz CT molecular complexity index is 742. The molecule has 4 heterocycles. The van der Waals surface area contributed by atoms with Crippen LogP contribution in [0.3, 0.4) is 0 Å². The van der Waals surface area contributed by atoms with E-state index in [-0.39, 0.29) is 5.41 Å². The predicted molar refractivity (Wildman–Crippen MR) is 105 cm³/mol. The summed E-state index contributed by atoms with van der Waals surface area (Å²) in [4.78, 5) is 7.41. The van der Waals surface area contributed by atoms with Gasteiger partial charge in [-0.1, -0.05) is 5.16 Å². The second-order valence-corrected chi connectivity index (χ2v) is 8.25. The molecule has 0 spiro atoms. The number of aryl methyl sites for hydroxylation is 1. The van der Waals surface area contributed by atoms with Crippen LogP contribution in [0.5, 0.6) is 0 Å². The van der Waals surface area contributed by atoms with Gasteiger partial charge in [-0.3, -0.25) is 4.90 Å². The first kappa shape index (κ1) is 19.6. The topological polar surface area (TPSA) is 65.6 Å². The molecule has 4 rings (SSSR count). The molecule has 2 aliphatic heterocycles. The van der Waals surface area contributed by atoms with Crippen LogP contribution in [0.4, 0.5) is 0 Å². The standard InChI is InChI=1S/C21H32N4O3/c1-24-10-3-4-18(24)16-25-11-7-21(8-12-25,9-15-26-2)20-22-19(28-23-20)17-5-13-27-14-6-17/h3-4,10,17H,5-9,11-16H2,1-2H3. The van der Waals surface area contributed by atoms with Crippen molar-refractivity contribution in [3.05, 3.63) is 35.7 Å². The molecule has 2 fully saturated rings. The third-order valence-corrected chi connectivity index (χ3v) is 6.52. The SMILES string of the molecule is COCCC1(c2noc(C3CCOCC3)n2)CCN(Cc2cccn2C)CC1. The van der Waals surface area contributed by atoms with Crippen molar-refractivity contribution in [2.24, 2.45) is 7.05 Å². The van der Waals surface area contributed by atoms with E-state index < -0.39 is 0 Å². The van der Waals surface area contributed by atoms with Crippen LogP contribution >= 0.6 is 0 Å². The lowest BCUT2D eigenvalue weighted by molar-refractivity contribution is 0.0778. The van der Waals surface area contributed by atoms with Crippen molar-refractivity contribution in [1.29, 1.82) is 0 Å². The minimum Gasteiger partial charge on any atom is -0.385 e. The molecule has 7 heteroatoms. The van der Waals surface area contributed by atoms with Crippen LogP contribution in [0.1, 0.15) is 55.4 Å². The molecule has 7 nitrogen and oxygen atoms in total. The number of nitrogens with zero attached hydrogens (tertiary/aromatic N) is 4. The summed E-state index contributed by atoms with van der Waals surface area (Å²) in [6, 6.07) is 4.31. The second kappa shape index (κ2) is 8.76. The summed E-state index contributed by atoms with van der Waals surface area (Å²) < 4.78 is 18.8. The first-order chi connectivity index (χ1) is 13.7. The highest BCUT2D eigenvalue weighted by atomic mass is 16.5. The fourth-order valence-electron chi connectivity index (χ4n) is 4.47. The molecule has 2 aliphatic rings. The van der Waals surface area contributed by atoms with Gasteiger partial charge in [0.15, 0.2) is 5.82 Å². The smallest absolute Gasteiger partial charge is 0.229 e. The van der Waals surface area contributed by atoms with Crippen LogP contribution in [0, 0.1) is 0 Å². The first-order valence-electron chi connectivity index (χ1n) is 10.4. The van der Waals surface area contributed by atoms with E-state index >= 15 is 0 Å². The fourth-order valence-corrected chi connectivity index (χ4v) is 4.47. The molecule has 2 aromatic heterocycles. The maximum Gasteiger partial charge on any atom is 0.229 e. The number of likely N-dealkylation sites (tertiary alicyclic amines) is 1. The van der Waals surface area contributed by atoms with Crippen LogP contribution in [-0.4, -0.2) is 59.6 Å². The van der Waals surface area contributed by atoms with E-state index in [1.165, 1.54) is 5.69 Å². The van der Waals surface area contributed by atoms with Gasteiger partial charge in [-0.15, -0.1) is 0 Å². The van der Waals surface area contributed by atoms with Gasteiger partial charge in [-0.25, -0.2) is 0 Å². The van der Waals surface area contributed by atoms with Crippen molar-refractivity contribution in [2.75, 3.05) is 40.0 Å². The monoisotopic (exact) mass is 388 g/mol. The minimum atomic E-state index is -0.0480. The largest absolute Gasteiger partial charge is 0.385 e. The van der Waals surface area contributed by atoms with Gasteiger partial charge < -0.3 is 18.6 Å². The zero-order valence-corrected chi connectivity index (χ0v) is 17.1. The van der Waals surface area contributed by atoms with E-state index in [1.54, 1.807) is 7.11 Å². The predicted octanol–water partition coefficient (Wildman–Crippen LogP) is 2.87. The maximum atomic E-state index is 5.72. The van der Waals surface area contributed by atoms with Gasteiger partial charge in [0.05, 0.1) is 0 Å². The lowest BCUT2D eigenvalue weighted by atomic mass is 9.75. The number of piperidine rings is 1. The zero-order chi connectivity index (χ0) is 19.4. The van der Waals surface area contributed by atoms with Gasteiger partial charge in [-0.2, -0.15) is 4.98 Å². The second-order valence-electron chi connectivity index (χ2n) is 8.25. The maximum absolute atomic E-state index is 5.72. The normalized spacial score (nSPS) is 21.2. The molecule has 154 valence electrons. The zero-order valence-electron chi connectivity index (χ0n) is 17.1. The molecule has 0 radical (unpaired) electrons. The van der Waals surface area contributed by atoms with E-state index in [0.29, 0.717) is 5.92 Å². The molecule has 0 saturated carbocycles. The molecule has 0 N–H and O–H groups in total. The summed E-state index contributed by atoms with van der Waals surface area (Å²) in [5.74, 6) is 2.01. The Hall–Kier alpha value is -1.70. The van der Waals surface area contributed by atoms with Crippen molar-refractivity contribution in [1.82, 2.24) is 19.6 Å². The van der Waals surface area contributed by atoms with Gasteiger partial charge >= 0.3 is 0 Å². The van der Waals surface area contributed by atoms with Gasteiger partial charge in [-0.05, 0) is 57.3 Å². The van der Waals surface area contributed by atoms with Gasteiger partial charge in [0.2, 0.25) is 5.89 Å². The highest BCUT2D eigenvalue weighted by Gasteiger charge is 2.40. The number of rotatable bonds is 7. The highest BCUT2D eigenvalue weighted by molar-refractivity contribution is 5.12. The van der Waals surface area contributed by atoms with Crippen LogP contribution in [0.2, 0.25) is 0 Å². The Labute approximate surface area is 167 Å². The van der Waals surface area contributed by atoms with E-state index in [9.17, 15) is 0 Å². The number of hydrogen-bond donors (Lipinski definition) is 0. The van der Waals surface area contributed by atoms with Crippen molar-refractivity contribution in [3.63, 3.8) is 0 Å². The first-order valence-corrected chi connectivity index (χ1v) is 10.4. The lowest BCUT2D eigenvalue weighted by Crippen LogP contribution is -2.43. The van der Waals surface area contributed by atoms with Crippen LogP contribution < -0.4 is 0 Å². The Kier molecular flexibility index (Phi) is 6.13. The average molecular weight is 389 g/mol. The third kappa shape index (κ3) is 4.16. The molecule has 0 atom stereocenters. The molecule has 28 heavy (non-hydrogen) atoms. The Morgan fingerprint density at radius 3 is 2.71 bits per heavy atom. The molecule has 0 unspecified atom stereocenters. The van der Waals surface area contributed by atoms with Crippen molar-refractivity contribution in [3.8, 4) is 0 Å². The van der Waals surface area contributed by atoms with Gasteiger partial charge in [0.1, 0.15) is 0 Å². The summed E-state index contributed by atoms with van der Waals surface area (Å²) >= 11 is 0. The fraction of sp³-hybridized carbons (Fsp3) is 0.714. The molecule has 0 amide bonds. The van der Waals surface area contributed by atoms with Crippen molar-refractivity contribution < 1.29 is 14.0 Å². The average Bonchev–Trinajstić information content (AvgIpc) is 3.39. The van der Waals surface area contributed by atoms with E-state index in [4.69, 9.17) is 19.0 Å². The van der Waals surface area contributed by atoms with Gasteiger partial charge in [0, 0.05) is 63.7 Å². The molecular formula is C21H32N4O3. The summed E-state index contributed by atoms with van der Waals surface area (Å²) in [5, 5.41) is 4.45. The van der Waals surface area contributed by atoms with E-state index in [1.807, 2.05) is 0 Å². The molecule has 2 aromatic rings. The summed E-state index contributed by atoms with van der Waals surface area (Å²) in [6.45, 7) is 5.35. The minimum absolute atomic E-state index is 0.0480. The molecule has 0 aromatic carbocycles. The van der Waals surface area contributed by atoms with Crippen molar-refractivity contribution in [2.45, 2.75) is 50.0 Å². The van der Waals surface area contributed by atoms with Gasteiger partial charge in [0.25, 0.3) is 0 Å². The summed E-state index contributed by atoms with van der Waals surface area (Å²) in [5.41, 5.74) is 1.30. The summed E-state index contributed by atoms with van der Waals surface area (Å²) in [6.07, 6.45) is 7.06. The summed E-state index contributed by atoms with van der Waals surface area (Å²) in [7, 11) is 3.88. The number of methoxy groups -OCH3 is 1. The molecule has 2 saturated heterocycles. The number of hydrogen-bond acceptors (Lipinski definition) is 6. The highest BCUT2D eigenvalue weighted by Crippen LogP contribution is 2.38.